The third-order valence-electron chi connectivity index (χ3n) is 3.24. The molecule has 3 rings (SSSR count). The van der Waals surface area contributed by atoms with Crippen molar-refractivity contribution in [3.05, 3.63) is 58.4 Å². The number of rotatable bonds is 2. The maximum Gasteiger partial charge on any atom is 0.161 e. The van der Waals surface area contributed by atoms with Crippen molar-refractivity contribution in [1.82, 2.24) is 0 Å². The summed E-state index contributed by atoms with van der Waals surface area (Å²) >= 11 is 5.79. The first-order chi connectivity index (χ1) is 9.66. The molecule has 0 saturated heterocycles. The molecule has 0 aliphatic carbocycles. The Balaban J connectivity index is 1.98. The van der Waals surface area contributed by atoms with Crippen molar-refractivity contribution < 1.29 is 13.9 Å². The summed E-state index contributed by atoms with van der Waals surface area (Å²) in [6.07, 6.45) is 0. The highest BCUT2D eigenvalue weighted by Crippen LogP contribution is 2.34. The monoisotopic (exact) mass is 293 g/mol. The number of fused-ring (bicyclic) bond motifs is 1. The number of nitrogens with two attached hydrogens (primary N) is 1. The lowest BCUT2D eigenvalue weighted by molar-refractivity contribution is 0.171. The first-order valence-corrected chi connectivity index (χ1v) is 6.63. The number of ether oxygens (including phenoxy) is 2. The van der Waals surface area contributed by atoms with E-state index in [1.807, 2.05) is 0 Å². The molecule has 2 aromatic rings. The summed E-state index contributed by atoms with van der Waals surface area (Å²) < 4.78 is 25.0. The van der Waals surface area contributed by atoms with Gasteiger partial charge in [0.1, 0.15) is 19.0 Å². The fourth-order valence-corrected chi connectivity index (χ4v) is 2.38. The Bertz CT molecular complexity index is 648. The lowest BCUT2D eigenvalue weighted by atomic mass is 9.98. The van der Waals surface area contributed by atoms with E-state index < -0.39 is 11.9 Å². The van der Waals surface area contributed by atoms with Gasteiger partial charge in [-0.1, -0.05) is 29.8 Å². The number of halogens is 2. The Hall–Kier alpha value is -1.78. The van der Waals surface area contributed by atoms with Gasteiger partial charge in [-0.25, -0.2) is 4.39 Å². The molecule has 20 heavy (non-hydrogen) atoms. The highest BCUT2D eigenvalue weighted by molar-refractivity contribution is 6.30. The Morgan fingerprint density at radius 2 is 1.85 bits per heavy atom. The van der Waals surface area contributed by atoms with Crippen LogP contribution in [0.3, 0.4) is 0 Å². The molecular formula is C15H13ClFNO2. The lowest BCUT2D eigenvalue weighted by Crippen LogP contribution is -2.17. The molecule has 0 radical (unpaired) electrons. The summed E-state index contributed by atoms with van der Waals surface area (Å²) in [6, 6.07) is 9.56. The van der Waals surface area contributed by atoms with Crippen molar-refractivity contribution >= 4 is 11.6 Å². The first-order valence-electron chi connectivity index (χ1n) is 6.26. The van der Waals surface area contributed by atoms with E-state index in [0.29, 0.717) is 30.3 Å². The topological polar surface area (TPSA) is 44.5 Å². The van der Waals surface area contributed by atoms with E-state index in [4.69, 9.17) is 26.8 Å². The van der Waals surface area contributed by atoms with E-state index in [-0.39, 0.29) is 5.02 Å². The second-order valence-corrected chi connectivity index (χ2v) is 4.93. The second kappa shape index (κ2) is 5.31. The van der Waals surface area contributed by atoms with Crippen molar-refractivity contribution in [2.45, 2.75) is 6.04 Å². The number of benzene rings is 2. The van der Waals surface area contributed by atoms with Gasteiger partial charge in [0.2, 0.25) is 0 Å². The van der Waals surface area contributed by atoms with Gasteiger partial charge in [-0.05, 0) is 23.8 Å². The van der Waals surface area contributed by atoms with Crippen LogP contribution < -0.4 is 15.2 Å². The fourth-order valence-electron chi connectivity index (χ4n) is 2.19. The molecule has 104 valence electrons. The average Bonchev–Trinajstić information content (AvgIpc) is 2.49. The number of hydrogen-bond donors (Lipinski definition) is 1. The molecule has 5 heteroatoms. The molecule has 0 aromatic heterocycles. The fraction of sp³-hybridized carbons (Fsp3) is 0.200. The highest BCUT2D eigenvalue weighted by Gasteiger charge is 2.19. The van der Waals surface area contributed by atoms with Crippen LogP contribution in [0.1, 0.15) is 17.2 Å². The van der Waals surface area contributed by atoms with E-state index >= 15 is 0 Å². The predicted octanol–water partition coefficient (Wildman–Crippen LogP) is 3.30. The molecule has 0 spiro atoms. The minimum Gasteiger partial charge on any atom is -0.486 e. The maximum atomic E-state index is 14.0. The van der Waals surface area contributed by atoms with Gasteiger partial charge >= 0.3 is 0 Å². The molecule has 1 heterocycles. The van der Waals surface area contributed by atoms with E-state index in [1.165, 1.54) is 6.07 Å². The van der Waals surface area contributed by atoms with Crippen LogP contribution in [0.25, 0.3) is 0 Å². The van der Waals surface area contributed by atoms with Crippen LogP contribution in [0.4, 0.5) is 4.39 Å². The number of hydrogen-bond acceptors (Lipinski definition) is 3. The largest absolute Gasteiger partial charge is 0.486 e. The predicted molar refractivity (Wildman–Crippen MR) is 74.9 cm³/mol. The van der Waals surface area contributed by atoms with Gasteiger partial charge in [0, 0.05) is 5.56 Å². The molecule has 1 aliphatic rings. The van der Waals surface area contributed by atoms with Gasteiger partial charge in [-0.15, -0.1) is 0 Å². The Morgan fingerprint density at radius 3 is 2.65 bits per heavy atom. The normalized spacial score (nSPS) is 14.9. The molecular weight excluding hydrogens is 281 g/mol. The molecule has 1 atom stereocenters. The minimum atomic E-state index is -0.607. The van der Waals surface area contributed by atoms with Crippen molar-refractivity contribution in [2.24, 2.45) is 5.73 Å². The Labute approximate surface area is 121 Å². The van der Waals surface area contributed by atoms with E-state index in [0.717, 1.165) is 5.56 Å². The molecule has 0 saturated carbocycles. The zero-order valence-corrected chi connectivity index (χ0v) is 11.4. The van der Waals surface area contributed by atoms with Gasteiger partial charge < -0.3 is 15.2 Å². The molecule has 0 amide bonds. The molecule has 1 unspecified atom stereocenters. The smallest absolute Gasteiger partial charge is 0.161 e. The molecule has 0 fully saturated rings. The molecule has 2 N–H and O–H groups in total. The summed E-state index contributed by atoms with van der Waals surface area (Å²) in [5, 5.41) is 0.0653. The average molecular weight is 294 g/mol. The van der Waals surface area contributed by atoms with Gasteiger partial charge in [0.15, 0.2) is 11.5 Å². The van der Waals surface area contributed by atoms with Gasteiger partial charge in [-0.3, -0.25) is 0 Å². The maximum absolute atomic E-state index is 14.0. The van der Waals surface area contributed by atoms with E-state index in [2.05, 4.69) is 0 Å². The van der Waals surface area contributed by atoms with E-state index in [9.17, 15) is 4.39 Å². The lowest BCUT2D eigenvalue weighted by Gasteiger charge is -2.21. The quantitative estimate of drug-likeness (QED) is 0.924. The van der Waals surface area contributed by atoms with Crippen molar-refractivity contribution in [3.63, 3.8) is 0 Å². The minimum absolute atomic E-state index is 0.0653. The van der Waals surface area contributed by atoms with Crippen LogP contribution in [0.15, 0.2) is 36.4 Å². The van der Waals surface area contributed by atoms with Crippen LogP contribution in [0.5, 0.6) is 11.5 Å². The Morgan fingerprint density at radius 1 is 1.10 bits per heavy atom. The second-order valence-electron chi connectivity index (χ2n) is 4.52. The summed E-state index contributed by atoms with van der Waals surface area (Å²) in [5.41, 5.74) is 7.23. The standard InChI is InChI=1S/C15H13ClFNO2/c16-11-3-1-2-10(14(11)17)15(18)9-4-5-12-13(8-9)20-7-6-19-12/h1-5,8,15H,6-7,18H2. The molecule has 2 aromatic carbocycles. The van der Waals surface area contributed by atoms with Gasteiger partial charge in [0.05, 0.1) is 11.1 Å². The van der Waals surface area contributed by atoms with Crippen molar-refractivity contribution in [2.75, 3.05) is 13.2 Å². The van der Waals surface area contributed by atoms with Crippen molar-refractivity contribution in [1.29, 1.82) is 0 Å². The third kappa shape index (κ3) is 2.32. The first kappa shape index (κ1) is 13.2. The molecule has 3 nitrogen and oxygen atoms in total. The van der Waals surface area contributed by atoms with E-state index in [1.54, 1.807) is 30.3 Å². The van der Waals surface area contributed by atoms with Crippen LogP contribution in [0, 0.1) is 5.82 Å². The molecule has 0 bridgehead atoms. The third-order valence-corrected chi connectivity index (χ3v) is 3.53. The Kier molecular flexibility index (Phi) is 3.51. The zero-order chi connectivity index (χ0) is 14.1. The summed E-state index contributed by atoms with van der Waals surface area (Å²) in [5.74, 6) is 0.821. The SMILES string of the molecule is NC(c1ccc2c(c1)OCCO2)c1cccc(Cl)c1F. The summed E-state index contributed by atoms with van der Waals surface area (Å²) in [4.78, 5) is 0. The summed E-state index contributed by atoms with van der Waals surface area (Å²) in [7, 11) is 0. The van der Waals surface area contributed by atoms with Crippen molar-refractivity contribution in [3.8, 4) is 11.5 Å². The van der Waals surface area contributed by atoms with Crippen LogP contribution in [-0.2, 0) is 0 Å². The van der Waals surface area contributed by atoms with Crippen LogP contribution in [0.2, 0.25) is 5.02 Å². The molecule has 1 aliphatic heterocycles. The van der Waals surface area contributed by atoms with Gasteiger partial charge in [-0.2, -0.15) is 0 Å². The van der Waals surface area contributed by atoms with Crippen LogP contribution >= 0.6 is 11.6 Å². The highest BCUT2D eigenvalue weighted by atomic mass is 35.5. The summed E-state index contributed by atoms with van der Waals surface area (Å²) in [6.45, 7) is 1.03. The van der Waals surface area contributed by atoms with Gasteiger partial charge in [0.25, 0.3) is 0 Å². The van der Waals surface area contributed by atoms with Crippen LogP contribution in [-0.4, -0.2) is 13.2 Å². The zero-order valence-electron chi connectivity index (χ0n) is 10.6.